The first-order valence-corrected chi connectivity index (χ1v) is 1.55. The zero-order valence-corrected chi connectivity index (χ0v) is 3.19. The maximum atomic E-state index is 9.59. The van der Waals surface area contributed by atoms with Crippen LogP contribution in [-0.2, 0) is 4.79 Å². The largest absolute Gasteiger partial charge is 1.00 e. The number of carbonyl (C=O) groups is 1. The van der Waals surface area contributed by atoms with E-state index in [0.717, 1.165) is 0 Å². The highest BCUT2D eigenvalue weighted by Gasteiger charge is 1.77. The van der Waals surface area contributed by atoms with Gasteiger partial charge in [-0.2, -0.15) is 0 Å². The van der Waals surface area contributed by atoms with Crippen molar-refractivity contribution in [1.29, 1.82) is 0 Å². The first-order chi connectivity index (χ1) is 2.27. The fourth-order valence-electron chi connectivity index (χ4n) is 0. The Balaban J connectivity index is 0. The summed E-state index contributed by atoms with van der Waals surface area (Å²) in [5.74, 6) is -0.245. The van der Waals surface area contributed by atoms with Crippen molar-refractivity contribution in [2.24, 2.45) is 5.73 Å². The lowest BCUT2D eigenvalue weighted by molar-refractivity contribution is -0.117. The average Bonchev–Trinajstić information content (AvgIpc) is 1.38. The molecule has 5 heavy (non-hydrogen) atoms. The predicted molar refractivity (Wildman–Crippen MR) is 20.6 cm³/mol. The van der Waals surface area contributed by atoms with Gasteiger partial charge in [0.05, 0.1) is 0 Å². The molecular weight excluding hydrogens is 66.0 g/mol. The fraction of sp³-hybridized carbons (Fsp3) is 0.667. The van der Waals surface area contributed by atoms with E-state index >= 15 is 0 Å². The number of hydrogen-bond acceptors (Lipinski definition) is 1. The van der Waals surface area contributed by atoms with Gasteiger partial charge >= 0.3 is 1.43 Å². The van der Waals surface area contributed by atoms with Crippen LogP contribution in [0.4, 0.5) is 0 Å². The van der Waals surface area contributed by atoms with Gasteiger partial charge in [0.2, 0.25) is 5.91 Å². The molecule has 0 aromatic carbocycles. The molecule has 0 aromatic heterocycles. The van der Waals surface area contributed by atoms with Crippen LogP contribution in [0.25, 0.3) is 0 Å². The van der Waals surface area contributed by atoms with E-state index in [9.17, 15) is 4.79 Å². The monoisotopic (exact) mass is 74.1 g/mol. The highest BCUT2D eigenvalue weighted by molar-refractivity contribution is 5.73. The van der Waals surface area contributed by atoms with Crippen molar-refractivity contribution in [1.82, 2.24) is 0 Å². The molecule has 1 amide bonds. The van der Waals surface area contributed by atoms with E-state index in [2.05, 4.69) is 5.73 Å². The van der Waals surface area contributed by atoms with Crippen molar-refractivity contribution in [3.05, 3.63) is 0 Å². The molecule has 0 saturated carbocycles. The van der Waals surface area contributed by atoms with Crippen molar-refractivity contribution in [3.63, 3.8) is 0 Å². The van der Waals surface area contributed by atoms with E-state index < -0.39 is 0 Å². The molecule has 0 atom stereocenters. The van der Waals surface area contributed by atoms with Gasteiger partial charge in [-0.15, -0.1) is 0 Å². The Morgan fingerprint density at radius 3 is 2.40 bits per heavy atom. The van der Waals surface area contributed by atoms with Crippen molar-refractivity contribution < 1.29 is 6.22 Å². The van der Waals surface area contributed by atoms with Crippen molar-refractivity contribution in [2.75, 3.05) is 0 Å². The second-order valence-corrected chi connectivity index (χ2v) is 0.820. The summed E-state index contributed by atoms with van der Waals surface area (Å²) in [6.07, 6.45) is 0.444. The van der Waals surface area contributed by atoms with E-state index in [1.165, 1.54) is 0 Å². The molecule has 0 rings (SSSR count). The number of rotatable bonds is 1. The van der Waals surface area contributed by atoms with Crippen LogP contribution >= 0.6 is 0 Å². The summed E-state index contributed by atoms with van der Waals surface area (Å²) in [5.41, 5.74) is 4.65. The summed E-state index contributed by atoms with van der Waals surface area (Å²) in [6, 6.07) is 0. The van der Waals surface area contributed by atoms with Crippen molar-refractivity contribution >= 4 is 5.91 Å². The molecule has 0 heterocycles. The molecule has 0 spiro atoms. The molecule has 0 saturated heterocycles. The van der Waals surface area contributed by atoms with Crippen LogP contribution < -0.4 is 5.73 Å². The lowest BCUT2D eigenvalue weighted by atomic mass is 10.5. The van der Waals surface area contributed by atoms with Crippen LogP contribution in [0.2, 0.25) is 0 Å². The van der Waals surface area contributed by atoms with Gasteiger partial charge in [0.25, 0.3) is 0 Å². The topological polar surface area (TPSA) is 43.1 Å². The van der Waals surface area contributed by atoms with Crippen molar-refractivity contribution in [3.8, 4) is 0 Å². The third-order valence-electron chi connectivity index (χ3n) is 0.348. The van der Waals surface area contributed by atoms with E-state index in [1.54, 1.807) is 6.92 Å². The summed E-state index contributed by atoms with van der Waals surface area (Å²) in [4.78, 5) is 9.59. The van der Waals surface area contributed by atoms with E-state index in [4.69, 9.17) is 0 Å². The molecule has 0 aromatic rings. The number of carbonyl (C=O) groups excluding carboxylic acids is 1. The third-order valence-corrected chi connectivity index (χ3v) is 0.348. The zero-order valence-electron chi connectivity index (χ0n) is 4.19. The van der Waals surface area contributed by atoms with Gasteiger partial charge in [-0.1, -0.05) is 6.92 Å². The number of hydrogen-bond donors (Lipinski definition) is 1. The fourth-order valence-corrected chi connectivity index (χ4v) is 0. The van der Waals surface area contributed by atoms with Gasteiger partial charge < -0.3 is 5.73 Å². The minimum atomic E-state index is -0.245. The molecule has 0 unspecified atom stereocenters. The van der Waals surface area contributed by atoms with Gasteiger partial charge in [-0.05, 0) is 0 Å². The Morgan fingerprint density at radius 1 is 2.20 bits per heavy atom. The Morgan fingerprint density at radius 2 is 2.40 bits per heavy atom. The van der Waals surface area contributed by atoms with Gasteiger partial charge in [0.1, 0.15) is 0 Å². The Hall–Kier alpha value is -0.530. The summed E-state index contributed by atoms with van der Waals surface area (Å²) >= 11 is 0. The lowest BCUT2D eigenvalue weighted by Gasteiger charge is -1.73. The van der Waals surface area contributed by atoms with E-state index in [1.807, 2.05) is 0 Å². The van der Waals surface area contributed by atoms with Crippen molar-refractivity contribution in [2.45, 2.75) is 13.3 Å². The SMILES string of the molecule is CCC(N)=O.[H+]. The predicted octanol–water partition coefficient (Wildman–Crippen LogP) is -0.00580. The quantitative estimate of drug-likeness (QED) is 0.467. The molecule has 0 radical (unpaired) electrons. The van der Waals surface area contributed by atoms with Crippen LogP contribution in [0.3, 0.4) is 0 Å². The first-order valence-electron chi connectivity index (χ1n) is 1.55. The molecule has 2 heteroatoms. The van der Waals surface area contributed by atoms with E-state index in [-0.39, 0.29) is 7.33 Å². The molecule has 2 N–H and O–H groups in total. The summed E-state index contributed by atoms with van der Waals surface area (Å²) in [7, 11) is 0. The lowest BCUT2D eigenvalue weighted by Crippen LogP contribution is -2.06. The van der Waals surface area contributed by atoms with Crippen LogP contribution in [0.15, 0.2) is 0 Å². The van der Waals surface area contributed by atoms with Gasteiger partial charge in [-0.25, -0.2) is 0 Å². The maximum absolute atomic E-state index is 9.59. The second kappa shape index (κ2) is 1.76. The summed E-state index contributed by atoms with van der Waals surface area (Å²) < 4.78 is 0. The number of primary amides is 1. The number of amides is 1. The molecule has 0 fully saturated rings. The van der Waals surface area contributed by atoms with Gasteiger partial charge in [0.15, 0.2) is 0 Å². The average molecular weight is 74.1 g/mol. The standard InChI is InChI=1S/C3H7NO/c1-2-3(4)5/h2H2,1H3,(H2,4,5)/p+1. The molecule has 0 aliphatic heterocycles. The summed E-state index contributed by atoms with van der Waals surface area (Å²) in [5, 5.41) is 0. The molecule has 0 aliphatic carbocycles. The third kappa shape index (κ3) is 3.47. The smallest absolute Gasteiger partial charge is 0.370 e. The van der Waals surface area contributed by atoms with Gasteiger partial charge in [0, 0.05) is 6.42 Å². The molecule has 30 valence electrons. The Bertz CT molecular complexity index is 46.1. The molecule has 2 nitrogen and oxygen atoms in total. The van der Waals surface area contributed by atoms with Crippen LogP contribution in [0.5, 0.6) is 0 Å². The minimum Gasteiger partial charge on any atom is -0.370 e. The van der Waals surface area contributed by atoms with Crippen LogP contribution in [-0.4, -0.2) is 5.91 Å². The molecule has 0 aliphatic rings. The first kappa shape index (κ1) is 4.47. The Kier molecular flexibility index (Phi) is 1.57. The maximum Gasteiger partial charge on any atom is 1.00 e. The molecule has 0 bridgehead atoms. The minimum absolute atomic E-state index is 0. The second-order valence-electron chi connectivity index (χ2n) is 0.820. The highest BCUT2D eigenvalue weighted by Crippen LogP contribution is 1.63. The highest BCUT2D eigenvalue weighted by atomic mass is 16.1. The molecular formula is C3H8NO+. The normalized spacial score (nSPS) is 7.40. The zero-order chi connectivity index (χ0) is 4.28. The number of nitrogens with two attached hydrogens (primary N) is 1. The van der Waals surface area contributed by atoms with Crippen LogP contribution in [0.1, 0.15) is 14.8 Å². The summed E-state index contributed by atoms with van der Waals surface area (Å²) in [6.45, 7) is 1.72. The van der Waals surface area contributed by atoms with E-state index in [0.29, 0.717) is 6.42 Å². The van der Waals surface area contributed by atoms with Gasteiger partial charge in [-0.3, -0.25) is 4.79 Å². The van der Waals surface area contributed by atoms with Crippen LogP contribution in [0, 0.1) is 0 Å². The Labute approximate surface area is 32.5 Å².